The summed E-state index contributed by atoms with van der Waals surface area (Å²) in [5, 5.41) is 15.4. The zero-order chi connectivity index (χ0) is 41.0. The number of likely N-dealkylation sites (tertiary alicyclic amines) is 1. The lowest BCUT2D eigenvalue weighted by atomic mass is 9.95. The zero-order valence-electron chi connectivity index (χ0n) is 32.5. The van der Waals surface area contributed by atoms with E-state index in [0.717, 1.165) is 57.7 Å². The summed E-state index contributed by atoms with van der Waals surface area (Å²) in [6.07, 6.45) is 4.59. The molecular weight excluding hydrogens is 764 g/mol. The Hall–Kier alpha value is -6.00. The highest BCUT2D eigenvalue weighted by atomic mass is 19.1. The van der Waals surface area contributed by atoms with Gasteiger partial charge in [0.15, 0.2) is 0 Å². The number of aromatic nitrogens is 4. The quantitative estimate of drug-likeness (QED) is 0.236. The fourth-order valence-electron chi connectivity index (χ4n) is 8.34. The average molecular weight is 808 g/mol. The number of carbonyl (C=O) groups excluding carboxylic acids is 3. The average Bonchev–Trinajstić information content (AvgIpc) is 3.26. The van der Waals surface area contributed by atoms with Crippen molar-refractivity contribution >= 4 is 28.5 Å². The molecule has 0 atom stereocenters. The van der Waals surface area contributed by atoms with Crippen molar-refractivity contribution in [3.63, 3.8) is 0 Å². The number of nitrogens with one attached hydrogen (secondary N) is 1. The Labute approximate surface area is 338 Å². The van der Waals surface area contributed by atoms with Gasteiger partial charge in [0, 0.05) is 89.4 Å². The molecule has 3 aromatic carbocycles. The number of aromatic amines is 1. The number of hydrogen-bond donors (Lipinski definition) is 1. The van der Waals surface area contributed by atoms with Crippen LogP contribution in [0.4, 0.5) is 13.2 Å². The van der Waals surface area contributed by atoms with Crippen LogP contribution >= 0.6 is 0 Å². The molecule has 3 saturated heterocycles. The highest BCUT2D eigenvalue weighted by Crippen LogP contribution is 2.27. The SMILES string of the molecule is O=C(CN1CCN(CC2CCN(C(=O)c3c(F)cc(-c4ccnnc4)cc3F)CC2)CC1)N1CCN(C(=O)c2cc(Cc3n[nH]c(=O)c4ccccc34)ccc2F)CC1. The van der Waals surface area contributed by atoms with Crippen LogP contribution in [-0.4, -0.2) is 141 Å². The maximum absolute atomic E-state index is 15.0. The molecule has 8 rings (SSSR count). The molecule has 0 aliphatic carbocycles. The van der Waals surface area contributed by atoms with Crippen molar-refractivity contribution in [2.45, 2.75) is 19.3 Å². The van der Waals surface area contributed by atoms with Crippen molar-refractivity contribution < 1.29 is 27.6 Å². The highest BCUT2D eigenvalue weighted by Gasteiger charge is 2.31. The molecule has 3 aliphatic heterocycles. The van der Waals surface area contributed by atoms with Crippen LogP contribution in [0, 0.1) is 23.4 Å². The molecular formula is C43H44F3N9O4. The summed E-state index contributed by atoms with van der Waals surface area (Å²) in [6, 6.07) is 15.4. The fourth-order valence-corrected chi connectivity index (χ4v) is 8.34. The third-order valence-electron chi connectivity index (χ3n) is 11.7. The number of halogens is 3. The van der Waals surface area contributed by atoms with E-state index in [2.05, 4.69) is 30.2 Å². The second kappa shape index (κ2) is 17.5. The summed E-state index contributed by atoms with van der Waals surface area (Å²) in [6.45, 7) is 6.30. The minimum atomic E-state index is -0.902. The molecule has 0 saturated carbocycles. The third-order valence-corrected chi connectivity index (χ3v) is 11.7. The van der Waals surface area contributed by atoms with Gasteiger partial charge in [-0.1, -0.05) is 24.3 Å². The molecule has 0 unspecified atom stereocenters. The number of fused-ring (bicyclic) bond motifs is 1. The first-order valence-electron chi connectivity index (χ1n) is 19.9. The lowest BCUT2D eigenvalue weighted by Crippen LogP contribution is -2.55. The van der Waals surface area contributed by atoms with Crippen molar-refractivity contribution in [1.82, 2.24) is 44.9 Å². The summed E-state index contributed by atoms with van der Waals surface area (Å²) in [5.41, 5.74) is 1.21. The molecule has 3 aliphatic rings. The minimum absolute atomic E-state index is 0.00622. The molecule has 0 radical (unpaired) electrons. The molecule has 3 amide bonds. The van der Waals surface area contributed by atoms with Gasteiger partial charge >= 0.3 is 0 Å². The van der Waals surface area contributed by atoms with Gasteiger partial charge in [-0.05, 0) is 66.3 Å². The van der Waals surface area contributed by atoms with Crippen LogP contribution in [0.25, 0.3) is 21.9 Å². The largest absolute Gasteiger partial charge is 0.338 e. The number of hydrogen-bond acceptors (Lipinski definition) is 9. The van der Waals surface area contributed by atoms with E-state index >= 15 is 13.2 Å². The summed E-state index contributed by atoms with van der Waals surface area (Å²) in [7, 11) is 0. The van der Waals surface area contributed by atoms with Crippen molar-refractivity contribution in [3.8, 4) is 11.1 Å². The van der Waals surface area contributed by atoms with E-state index in [1.54, 1.807) is 34.1 Å². The first-order chi connectivity index (χ1) is 28.6. The van der Waals surface area contributed by atoms with Crippen molar-refractivity contribution in [2.75, 3.05) is 78.5 Å². The topological polar surface area (TPSA) is 139 Å². The first-order valence-corrected chi connectivity index (χ1v) is 19.9. The number of rotatable bonds is 9. The number of H-pyrrole nitrogens is 1. The molecule has 306 valence electrons. The summed E-state index contributed by atoms with van der Waals surface area (Å²) < 4.78 is 45.1. The monoisotopic (exact) mass is 807 g/mol. The van der Waals surface area contributed by atoms with Gasteiger partial charge in [0.1, 0.15) is 23.0 Å². The normalized spacial score (nSPS) is 17.1. The number of carbonyl (C=O) groups is 3. The lowest BCUT2D eigenvalue weighted by Gasteiger charge is -2.40. The molecule has 2 aromatic heterocycles. The fraction of sp³-hybridized carbons (Fsp3) is 0.372. The summed E-state index contributed by atoms with van der Waals surface area (Å²) in [5.74, 6) is -3.17. The van der Waals surface area contributed by atoms with Gasteiger partial charge in [-0.2, -0.15) is 15.3 Å². The van der Waals surface area contributed by atoms with Crippen molar-refractivity contribution in [1.29, 1.82) is 0 Å². The molecule has 5 aromatic rings. The minimum Gasteiger partial charge on any atom is -0.338 e. The van der Waals surface area contributed by atoms with Crippen LogP contribution in [0.15, 0.2) is 77.9 Å². The molecule has 1 N–H and O–H groups in total. The number of piperidine rings is 1. The molecule has 13 nitrogen and oxygen atoms in total. The summed E-state index contributed by atoms with van der Waals surface area (Å²) >= 11 is 0. The number of piperazine rings is 2. The van der Waals surface area contributed by atoms with E-state index in [1.807, 2.05) is 12.1 Å². The molecule has 59 heavy (non-hydrogen) atoms. The summed E-state index contributed by atoms with van der Waals surface area (Å²) in [4.78, 5) is 61.6. The molecule has 5 heterocycles. The van der Waals surface area contributed by atoms with Gasteiger partial charge in [0.25, 0.3) is 17.4 Å². The molecule has 0 spiro atoms. The Morgan fingerprint density at radius 3 is 2.03 bits per heavy atom. The Morgan fingerprint density at radius 1 is 0.678 bits per heavy atom. The van der Waals surface area contributed by atoms with Gasteiger partial charge in [-0.15, -0.1) is 0 Å². The van der Waals surface area contributed by atoms with E-state index < -0.39 is 34.8 Å². The second-order valence-electron chi connectivity index (χ2n) is 15.5. The van der Waals surface area contributed by atoms with E-state index in [9.17, 15) is 19.2 Å². The van der Waals surface area contributed by atoms with Crippen LogP contribution < -0.4 is 5.56 Å². The van der Waals surface area contributed by atoms with Crippen molar-refractivity contribution in [3.05, 3.63) is 123 Å². The maximum atomic E-state index is 15.0. The van der Waals surface area contributed by atoms with E-state index in [1.165, 1.54) is 29.4 Å². The highest BCUT2D eigenvalue weighted by molar-refractivity contribution is 5.96. The predicted octanol–water partition coefficient (Wildman–Crippen LogP) is 3.84. The number of benzene rings is 3. The van der Waals surface area contributed by atoms with Gasteiger partial charge < -0.3 is 19.6 Å². The van der Waals surface area contributed by atoms with Gasteiger partial charge in [-0.25, -0.2) is 18.3 Å². The third kappa shape index (κ3) is 8.88. The zero-order valence-corrected chi connectivity index (χ0v) is 32.5. The van der Waals surface area contributed by atoms with Crippen LogP contribution in [0.1, 0.15) is 44.8 Å². The lowest BCUT2D eigenvalue weighted by molar-refractivity contribution is -0.134. The maximum Gasteiger partial charge on any atom is 0.272 e. The van der Waals surface area contributed by atoms with E-state index in [0.29, 0.717) is 79.2 Å². The standard InChI is InChI=1S/C43H44F3N9O4/c44-35-6-5-29(22-38-32-3-1-2-4-33(32)41(57)50-49-38)21-34(35)42(58)55-19-17-53(18-20-55)39(56)27-52-15-13-51(14-16-52)26-28-8-11-54(12-9-28)43(59)40-36(45)23-31(24-37(40)46)30-7-10-47-48-25-30/h1-7,10,21,23-25,28H,8-9,11-20,22,26-27H2,(H,50,57). The van der Waals surface area contributed by atoms with Gasteiger partial charge in [-0.3, -0.25) is 24.1 Å². The Bertz CT molecular complexity index is 2390. The van der Waals surface area contributed by atoms with E-state index in [-0.39, 0.29) is 29.1 Å². The second-order valence-corrected chi connectivity index (χ2v) is 15.5. The van der Waals surface area contributed by atoms with Crippen LogP contribution in [0.5, 0.6) is 0 Å². The van der Waals surface area contributed by atoms with Crippen LogP contribution in [0.2, 0.25) is 0 Å². The number of amides is 3. The Kier molecular flexibility index (Phi) is 11.8. The van der Waals surface area contributed by atoms with Crippen LogP contribution in [-0.2, 0) is 11.2 Å². The van der Waals surface area contributed by atoms with E-state index in [4.69, 9.17) is 0 Å². The van der Waals surface area contributed by atoms with Crippen molar-refractivity contribution in [2.24, 2.45) is 5.92 Å². The Morgan fingerprint density at radius 2 is 1.34 bits per heavy atom. The molecule has 3 fully saturated rings. The number of nitrogens with zero attached hydrogens (tertiary/aromatic N) is 8. The molecule has 0 bridgehead atoms. The molecule has 16 heteroatoms. The smallest absolute Gasteiger partial charge is 0.272 e. The predicted molar refractivity (Wildman–Crippen MR) is 213 cm³/mol. The van der Waals surface area contributed by atoms with Gasteiger partial charge in [0.05, 0.1) is 35.6 Å². The van der Waals surface area contributed by atoms with Crippen LogP contribution in [0.3, 0.4) is 0 Å². The first kappa shape index (κ1) is 39.8. The van der Waals surface area contributed by atoms with Gasteiger partial charge in [0.2, 0.25) is 5.91 Å². The Balaban J connectivity index is 0.765.